The standard InChI is InChI=1S/C13H22BrNOS/c1-3-4-11(7-8-16)9-15-10(2)12-5-6-13(14)17-12/h5-6,10-11,15-16H,3-4,7-9H2,1-2H3. The molecule has 0 aliphatic carbocycles. The summed E-state index contributed by atoms with van der Waals surface area (Å²) in [5, 5.41) is 12.6. The van der Waals surface area contributed by atoms with E-state index < -0.39 is 0 Å². The molecule has 1 aromatic rings. The Hall–Kier alpha value is 0.1000. The number of hydrogen-bond acceptors (Lipinski definition) is 3. The summed E-state index contributed by atoms with van der Waals surface area (Å²) in [7, 11) is 0. The maximum atomic E-state index is 9.02. The zero-order chi connectivity index (χ0) is 12.7. The van der Waals surface area contributed by atoms with Gasteiger partial charge in [0.05, 0.1) is 3.79 Å². The van der Waals surface area contributed by atoms with Crippen LogP contribution >= 0.6 is 27.3 Å². The van der Waals surface area contributed by atoms with Crippen LogP contribution in [0.3, 0.4) is 0 Å². The molecule has 17 heavy (non-hydrogen) atoms. The fourth-order valence-corrected chi connectivity index (χ4v) is 3.39. The van der Waals surface area contributed by atoms with Gasteiger partial charge in [-0.25, -0.2) is 0 Å². The number of aliphatic hydroxyl groups excluding tert-OH is 1. The highest BCUT2D eigenvalue weighted by Crippen LogP contribution is 2.27. The largest absolute Gasteiger partial charge is 0.396 e. The third-order valence-corrected chi connectivity index (χ3v) is 4.77. The van der Waals surface area contributed by atoms with Gasteiger partial charge in [-0.15, -0.1) is 11.3 Å². The Bertz CT molecular complexity index is 310. The van der Waals surface area contributed by atoms with E-state index in [2.05, 4.69) is 47.2 Å². The lowest BCUT2D eigenvalue weighted by molar-refractivity contribution is 0.246. The van der Waals surface area contributed by atoms with Crippen molar-refractivity contribution < 1.29 is 5.11 Å². The number of nitrogens with one attached hydrogen (secondary N) is 1. The van der Waals surface area contributed by atoms with Crippen molar-refractivity contribution >= 4 is 27.3 Å². The van der Waals surface area contributed by atoms with Crippen molar-refractivity contribution in [2.45, 2.75) is 39.2 Å². The molecule has 1 heterocycles. The summed E-state index contributed by atoms with van der Waals surface area (Å²) in [6.45, 7) is 5.68. The fraction of sp³-hybridized carbons (Fsp3) is 0.692. The van der Waals surface area contributed by atoms with Crippen molar-refractivity contribution in [3.63, 3.8) is 0 Å². The van der Waals surface area contributed by atoms with E-state index in [1.165, 1.54) is 21.5 Å². The zero-order valence-corrected chi connectivity index (χ0v) is 13.0. The Morgan fingerprint density at radius 2 is 2.18 bits per heavy atom. The summed E-state index contributed by atoms with van der Waals surface area (Å²) in [5.74, 6) is 0.593. The molecule has 4 heteroatoms. The van der Waals surface area contributed by atoms with Crippen LogP contribution in [-0.4, -0.2) is 18.3 Å². The molecule has 2 atom stereocenters. The van der Waals surface area contributed by atoms with Crippen LogP contribution in [0.1, 0.15) is 44.0 Å². The fourth-order valence-electron chi connectivity index (χ4n) is 1.94. The third kappa shape index (κ3) is 5.51. The van der Waals surface area contributed by atoms with Gasteiger partial charge in [-0.2, -0.15) is 0 Å². The van der Waals surface area contributed by atoms with Crippen LogP contribution in [0.25, 0.3) is 0 Å². The summed E-state index contributed by atoms with van der Waals surface area (Å²) in [6, 6.07) is 4.65. The maximum Gasteiger partial charge on any atom is 0.0701 e. The molecule has 0 amide bonds. The summed E-state index contributed by atoms with van der Waals surface area (Å²) in [5.41, 5.74) is 0. The second kappa shape index (κ2) is 8.25. The van der Waals surface area contributed by atoms with E-state index in [0.717, 1.165) is 13.0 Å². The van der Waals surface area contributed by atoms with Gasteiger partial charge in [-0.1, -0.05) is 13.3 Å². The lowest BCUT2D eigenvalue weighted by Crippen LogP contribution is -2.26. The zero-order valence-electron chi connectivity index (χ0n) is 10.6. The van der Waals surface area contributed by atoms with Crippen LogP contribution in [-0.2, 0) is 0 Å². The van der Waals surface area contributed by atoms with Gasteiger partial charge in [0.2, 0.25) is 0 Å². The van der Waals surface area contributed by atoms with Crippen molar-refractivity contribution in [3.8, 4) is 0 Å². The number of thiophene rings is 1. The van der Waals surface area contributed by atoms with Gasteiger partial charge in [0.25, 0.3) is 0 Å². The van der Waals surface area contributed by atoms with Gasteiger partial charge >= 0.3 is 0 Å². The Kier molecular flexibility index (Phi) is 7.35. The molecule has 0 saturated heterocycles. The molecule has 0 aromatic carbocycles. The second-order valence-corrected chi connectivity index (χ2v) is 6.93. The van der Waals surface area contributed by atoms with Crippen molar-refractivity contribution in [2.75, 3.05) is 13.2 Å². The molecule has 0 radical (unpaired) electrons. The molecule has 0 fully saturated rings. The molecule has 1 aromatic heterocycles. The summed E-state index contributed by atoms with van der Waals surface area (Å²) < 4.78 is 1.18. The SMILES string of the molecule is CCCC(CCO)CNC(C)c1ccc(Br)s1. The predicted molar refractivity (Wildman–Crippen MR) is 78.5 cm³/mol. The average Bonchev–Trinajstić information content (AvgIpc) is 2.73. The van der Waals surface area contributed by atoms with Crippen LogP contribution < -0.4 is 5.32 Å². The first-order chi connectivity index (χ1) is 8.17. The molecule has 2 N–H and O–H groups in total. The van der Waals surface area contributed by atoms with Crippen LogP contribution in [0, 0.1) is 5.92 Å². The normalized spacial score (nSPS) is 14.8. The minimum atomic E-state index is 0.297. The Morgan fingerprint density at radius 1 is 1.41 bits per heavy atom. The van der Waals surface area contributed by atoms with Crippen LogP contribution in [0.4, 0.5) is 0 Å². The van der Waals surface area contributed by atoms with Crippen LogP contribution in [0.15, 0.2) is 15.9 Å². The molecule has 0 aliphatic heterocycles. The smallest absolute Gasteiger partial charge is 0.0701 e. The Labute approximate surface area is 117 Å². The average molecular weight is 320 g/mol. The van der Waals surface area contributed by atoms with Crippen molar-refractivity contribution in [2.24, 2.45) is 5.92 Å². The quantitative estimate of drug-likeness (QED) is 0.760. The highest BCUT2D eigenvalue weighted by Gasteiger charge is 2.11. The van der Waals surface area contributed by atoms with Crippen molar-refractivity contribution in [1.82, 2.24) is 5.32 Å². The highest BCUT2D eigenvalue weighted by molar-refractivity contribution is 9.11. The van der Waals surface area contributed by atoms with Crippen LogP contribution in [0.5, 0.6) is 0 Å². The molecular formula is C13H22BrNOS. The van der Waals surface area contributed by atoms with Crippen molar-refractivity contribution in [3.05, 3.63) is 20.8 Å². The minimum Gasteiger partial charge on any atom is -0.396 e. The molecule has 2 nitrogen and oxygen atoms in total. The van der Waals surface area contributed by atoms with Gasteiger partial charge in [0.15, 0.2) is 0 Å². The maximum absolute atomic E-state index is 9.02. The van der Waals surface area contributed by atoms with Gasteiger partial charge in [0.1, 0.15) is 0 Å². The number of rotatable bonds is 8. The molecule has 0 bridgehead atoms. The van der Waals surface area contributed by atoms with E-state index in [1.54, 1.807) is 11.3 Å². The first-order valence-corrected chi connectivity index (χ1v) is 7.87. The first kappa shape index (κ1) is 15.2. The molecule has 0 saturated carbocycles. The van der Waals surface area contributed by atoms with E-state index in [1.807, 2.05) is 0 Å². The molecular weight excluding hydrogens is 298 g/mol. The molecule has 98 valence electrons. The number of aliphatic hydroxyl groups is 1. The number of halogens is 1. The van der Waals surface area contributed by atoms with Crippen LogP contribution in [0.2, 0.25) is 0 Å². The monoisotopic (exact) mass is 319 g/mol. The van der Waals surface area contributed by atoms with Gasteiger partial charge < -0.3 is 10.4 Å². The van der Waals surface area contributed by atoms with Crippen molar-refractivity contribution in [1.29, 1.82) is 0 Å². The molecule has 2 unspecified atom stereocenters. The highest BCUT2D eigenvalue weighted by atomic mass is 79.9. The van der Waals surface area contributed by atoms with E-state index in [4.69, 9.17) is 5.11 Å². The van der Waals surface area contributed by atoms with E-state index in [-0.39, 0.29) is 0 Å². The summed E-state index contributed by atoms with van der Waals surface area (Å²) >= 11 is 5.27. The van der Waals surface area contributed by atoms with Gasteiger partial charge in [-0.3, -0.25) is 0 Å². The van der Waals surface area contributed by atoms with E-state index in [0.29, 0.717) is 18.6 Å². The molecule has 0 aliphatic rings. The predicted octanol–water partition coefficient (Wildman–Crippen LogP) is 3.96. The Morgan fingerprint density at radius 3 is 2.71 bits per heavy atom. The third-order valence-electron chi connectivity index (χ3n) is 2.97. The second-order valence-electron chi connectivity index (χ2n) is 4.44. The van der Waals surface area contributed by atoms with E-state index in [9.17, 15) is 0 Å². The lowest BCUT2D eigenvalue weighted by Gasteiger charge is -2.19. The molecule has 1 rings (SSSR count). The Balaban J connectivity index is 2.37. The summed E-state index contributed by atoms with van der Waals surface area (Å²) in [4.78, 5) is 1.36. The van der Waals surface area contributed by atoms with Gasteiger partial charge in [0, 0.05) is 17.5 Å². The first-order valence-electron chi connectivity index (χ1n) is 6.26. The van der Waals surface area contributed by atoms with E-state index >= 15 is 0 Å². The topological polar surface area (TPSA) is 32.3 Å². The molecule has 0 spiro atoms. The lowest BCUT2D eigenvalue weighted by atomic mass is 10.00. The minimum absolute atomic E-state index is 0.297. The van der Waals surface area contributed by atoms with Gasteiger partial charge in [-0.05, 0) is 60.3 Å². The number of hydrogen-bond donors (Lipinski definition) is 2. The summed E-state index contributed by atoms with van der Waals surface area (Å²) in [6.07, 6.45) is 3.28.